The molecule has 0 amide bonds. The van der Waals surface area contributed by atoms with Gasteiger partial charge >= 0.3 is 17.8 Å². The highest BCUT2D eigenvalue weighted by Gasteiger charge is 2.50. The highest BCUT2D eigenvalue weighted by Crippen LogP contribution is 2.29. The van der Waals surface area contributed by atoms with E-state index in [0.29, 0.717) is 12.3 Å². The molecule has 1 aliphatic heterocycles. The Kier molecular flexibility index (Phi) is 8.16. The number of carbonyl (C=O) groups is 2. The predicted molar refractivity (Wildman–Crippen MR) is 124 cm³/mol. The number of aliphatic imine (C=N–C) groups is 1. The number of aliphatic hydroxyl groups is 1. The molecule has 2 rings (SSSR count). The van der Waals surface area contributed by atoms with Gasteiger partial charge in [-0.1, -0.05) is 0 Å². The summed E-state index contributed by atoms with van der Waals surface area (Å²) in [6.07, 6.45) is -2.35. The van der Waals surface area contributed by atoms with Crippen molar-refractivity contribution in [1.29, 1.82) is 5.26 Å². The summed E-state index contributed by atoms with van der Waals surface area (Å²) in [6.45, 7) is 5.82. The van der Waals surface area contributed by atoms with Gasteiger partial charge in [0.15, 0.2) is 0 Å². The van der Waals surface area contributed by atoms with E-state index < -0.39 is 67.2 Å². The molecule has 0 saturated carbocycles. The van der Waals surface area contributed by atoms with E-state index in [1.54, 1.807) is 26.8 Å². The van der Waals surface area contributed by atoms with Gasteiger partial charge in [-0.2, -0.15) is 5.26 Å². The Labute approximate surface area is 211 Å². The van der Waals surface area contributed by atoms with Crippen LogP contribution in [0.5, 0.6) is 5.75 Å². The summed E-state index contributed by atoms with van der Waals surface area (Å²) >= 11 is 0. The van der Waals surface area contributed by atoms with E-state index in [-0.39, 0.29) is 11.1 Å². The van der Waals surface area contributed by atoms with Crippen LogP contribution in [0.4, 0.5) is 0 Å². The highest BCUT2D eigenvalue weighted by atomic mass is 32.2. The molecule has 0 aliphatic carbocycles. The van der Waals surface area contributed by atoms with Crippen LogP contribution in [0.1, 0.15) is 43.6 Å². The van der Waals surface area contributed by atoms with Gasteiger partial charge in [-0.3, -0.25) is 10.1 Å². The largest absolute Gasteiger partial charge is 0.496 e. The summed E-state index contributed by atoms with van der Waals surface area (Å²) < 4.78 is 40.1. The maximum atomic E-state index is 12.6. The minimum atomic E-state index is -4.28. The zero-order valence-electron chi connectivity index (χ0n) is 20.3. The molecule has 3 N–H and O–H groups in total. The van der Waals surface area contributed by atoms with Crippen LogP contribution in [0.2, 0.25) is 0 Å². The zero-order chi connectivity index (χ0) is 28.3. The van der Waals surface area contributed by atoms with Gasteiger partial charge in [0.1, 0.15) is 23.5 Å². The maximum Gasteiger partial charge on any atom is 0.496 e. The van der Waals surface area contributed by atoms with Gasteiger partial charge in [0.2, 0.25) is 27.0 Å². The number of nitrogens with one attached hydrogen (secondary N) is 1. The molecule has 3 atom stereocenters. The fraction of sp³-hybridized carbons (Fsp3) is 0.429. The lowest BCUT2D eigenvalue weighted by Gasteiger charge is -2.27. The molecule has 0 bridgehead atoms. The van der Waals surface area contributed by atoms with Crippen LogP contribution in [0, 0.1) is 21.4 Å². The average molecular weight is 541 g/mol. The van der Waals surface area contributed by atoms with Crippen molar-refractivity contribution in [1.82, 2.24) is 5.32 Å². The lowest BCUT2D eigenvalue weighted by Crippen LogP contribution is -2.50. The van der Waals surface area contributed by atoms with Gasteiger partial charge in [0, 0.05) is 6.26 Å². The molecule has 15 nitrogen and oxygen atoms in total. The molecule has 200 valence electrons. The Hall–Kier alpha value is -4.23. The van der Waals surface area contributed by atoms with Gasteiger partial charge < -0.3 is 29.7 Å². The molecule has 37 heavy (non-hydrogen) atoms. The quantitative estimate of drug-likeness (QED) is 0.177. The van der Waals surface area contributed by atoms with E-state index in [4.69, 9.17) is 14.2 Å². The third-order valence-corrected chi connectivity index (χ3v) is 5.25. The van der Waals surface area contributed by atoms with Gasteiger partial charge in [-0.15, -0.1) is 4.99 Å². The van der Waals surface area contributed by atoms with Crippen LogP contribution >= 0.6 is 0 Å². The van der Waals surface area contributed by atoms with E-state index in [1.165, 1.54) is 0 Å². The normalized spacial score (nSPS) is 19.2. The lowest BCUT2D eigenvalue weighted by molar-refractivity contribution is -0.597. The van der Waals surface area contributed by atoms with E-state index in [9.17, 15) is 43.6 Å². The Morgan fingerprint density at radius 2 is 1.95 bits per heavy atom. The first-order chi connectivity index (χ1) is 16.9. The first-order valence-corrected chi connectivity index (χ1v) is 12.3. The number of nitrogens with zero attached hydrogens (tertiary/aromatic N) is 3. The topological polar surface area (TPSA) is 228 Å². The second-order valence-electron chi connectivity index (χ2n) is 8.78. The van der Waals surface area contributed by atoms with Crippen LogP contribution in [0.3, 0.4) is 0 Å². The number of carboxylic acids is 1. The number of aliphatic hydroxyl groups excluding tert-OH is 1. The number of ether oxygens (including phenoxy) is 3. The van der Waals surface area contributed by atoms with E-state index >= 15 is 0 Å². The molecule has 0 radical (unpaired) electrons. The first-order valence-electron chi connectivity index (χ1n) is 10.4. The van der Waals surface area contributed by atoms with Crippen molar-refractivity contribution in [3.8, 4) is 11.8 Å². The average Bonchev–Trinajstić information content (AvgIpc) is 2.75. The smallest absolute Gasteiger partial charge is 0.478 e. The molecule has 1 heterocycles. The molecular formula is C21H24N4O11S. The van der Waals surface area contributed by atoms with Crippen molar-refractivity contribution in [2.24, 2.45) is 4.99 Å². The molecule has 1 aromatic rings. The fourth-order valence-electron chi connectivity index (χ4n) is 2.79. The third-order valence-electron chi connectivity index (χ3n) is 4.36. The minimum absolute atomic E-state index is 0.136. The van der Waals surface area contributed by atoms with Crippen LogP contribution in [-0.4, -0.2) is 70.6 Å². The van der Waals surface area contributed by atoms with E-state index in [1.807, 2.05) is 0 Å². The molecule has 0 spiro atoms. The Balaban J connectivity index is 2.65. The van der Waals surface area contributed by atoms with Gasteiger partial charge in [-0.05, 0) is 45.9 Å². The van der Waals surface area contributed by atoms with Gasteiger partial charge in [0.05, 0.1) is 22.2 Å². The number of sulfone groups is 1. The van der Waals surface area contributed by atoms with Crippen molar-refractivity contribution >= 4 is 26.9 Å². The Bertz CT molecular complexity index is 1320. The lowest BCUT2D eigenvalue weighted by atomic mass is 10.1. The van der Waals surface area contributed by atoms with Gasteiger partial charge in [-0.25, -0.2) is 18.0 Å². The number of aliphatic carboxylic acids is 1. The molecule has 1 aromatic carbocycles. The highest BCUT2D eigenvalue weighted by molar-refractivity contribution is 8.05. The summed E-state index contributed by atoms with van der Waals surface area (Å²) in [4.78, 5) is 38.5. The standard InChI is InChI=1S/C21H24N4O11S/c1-11(26)16(17(27)28)34-15-9-21(25(30)31,24-19(23-15)37(5,32)33)35-13-7-6-12(10-22)14(8-13)18(29)36-20(2,3)4/h6-9,11,16,26H,1-5H3,(H,23,24)(H,27,28). The van der Waals surface area contributed by atoms with Crippen molar-refractivity contribution < 1.29 is 47.4 Å². The summed E-state index contributed by atoms with van der Waals surface area (Å²) in [7, 11) is -4.28. The second-order valence-corrected chi connectivity index (χ2v) is 10.7. The predicted octanol–water partition coefficient (Wildman–Crippen LogP) is 0.519. The summed E-state index contributed by atoms with van der Waals surface area (Å²) in [6, 6.07) is 4.98. The summed E-state index contributed by atoms with van der Waals surface area (Å²) in [5.74, 6) is -6.77. The number of nitro groups is 1. The Morgan fingerprint density at radius 3 is 2.41 bits per heavy atom. The molecule has 1 aliphatic rings. The molecule has 16 heteroatoms. The second kappa shape index (κ2) is 10.4. The third kappa shape index (κ3) is 7.15. The van der Waals surface area contributed by atoms with Gasteiger partial charge in [0.25, 0.3) is 0 Å². The maximum absolute atomic E-state index is 12.6. The Morgan fingerprint density at radius 1 is 1.32 bits per heavy atom. The van der Waals surface area contributed by atoms with Crippen molar-refractivity contribution in [3.05, 3.63) is 51.4 Å². The van der Waals surface area contributed by atoms with Crippen LogP contribution < -0.4 is 10.1 Å². The van der Waals surface area contributed by atoms with Crippen LogP contribution in [-0.2, 0) is 24.1 Å². The van der Waals surface area contributed by atoms with E-state index in [2.05, 4.69) is 10.3 Å². The van der Waals surface area contributed by atoms with Crippen molar-refractivity contribution in [3.63, 3.8) is 0 Å². The molecule has 3 unspecified atom stereocenters. The number of carboxylic acid groups (broad SMARTS) is 1. The molecular weight excluding hydrogens is 516 g/mol. The number of hydrogen-bond donors (Lipinski definition) is 3. The fourth-order valence-corrected chi connectivity index (χ4v) is 3.37. The zero-order valence-corrected chi connectivity index (χ0v) is 21.1. The summed E-state index contributed by atoms with van der Waals surface area (Å²) in [5, 5.41) is 41.5. The van der Waals surface area contributed by atoms with Crippen molar-refractivity contribution in [2.75, 3.05) is 6.26 Å². The summed E-state index contributed by atoms with van der Waals surface area (Å²) in [5.41, 5.74) is -1.37. The SMILES string of the molecule is CC(O)C(OC1=CC(Oc2ccc(C#N)c(C(=O)OC(C)(C)C)c2)([N+](=O)[O-])N=C(S(C)(=O)=O)N1)C(=O)O. The van der Waals surface area contributed by atoms with Crippen LogP contribution in [0.15, 0.2) is 35.2 Å². The molecule has 0 fully saturated rings. The number of benzene rings is 1. The number of amidine groups is 1. The van der Waals surface area contributed by atoms with Crippen molar-refractivity contribution in [2.45, 2.75) is 51.4 Å². The first kappa shape index (κ1) is 29.0. The number of rotatable bonds is 8. The number of carbonyl (C=O) groups excluding carboxylic acids is 1. The number of esters is 1. The number of nitriles is 1. The minimum Gasteiger partial charge on any atom is -0.478 e. The molecule has 0 saturated heterocycles. The van der Waals surface area contributed by atoms with Crippen LogP contribution in [0.25, 0.3) is 0 Å². The monoisotopic (exact) mass is 540 g/mol. The van der Waals surface area contributed by atoms with E-state index in [0.717, 1.165) is 25.1 Å². The molecule has 0 aromatic heterocycles. The number of hydrogen-bond acceptors (Lipinski definition) is 13.